The van der Waals surface area contributed by atoms with Crippen LogP contribution in [0, 0.1) is 0 Å². The summed E-state index contributed by atoms with van der Waals surface area (Å²) in [5.41, 5.74) is 1.45. The SMILES string of the molecule is OC(CN1CCOCC1)CN1CCc2sccc2C1. The average Bonchev–Trinajstić information content (AvgIpc) is 2.87. The van der Waals surface area contributed by atoms with E-state index in [2.05, 4.69) is 21.2 Å². The van der Waals surface area contributed by atoms with Crippen molar-refractivity contribution in [3.05, 3.63) is 21.9 Å². The molecule has 2 aliphatic rings. The first-order valence-electron chi connectivity index (χ1n) is 7.07. The topological polar surface area (TPSA) is 35.9 Å². The van der Waals surface area contributed by atoms with Gasteiger partial charge in [0.15, 0.2) is 0 Å². The molecule has 1 saturated heterocycles. The number of aliphatic hydroxyl groups is 1. The zero-order chi connectivity index (χ0) is 13.1. The highest BCUT2D eigenvalue weighted by Crippen LogP contribution is 2.23. The Morgan fingerprint density at radius 3 is 2.84 bits per heavy atom. The summed E-state index contributed by atoms with van der Waals surface area (Å²) < 4.78 is 5.33. The Kier molecular flexibility index (Phi) is 4.50. The fraction of sp³-hybridized carbons (Fsp3) is 0.714. The predicted molar refractivity (Wildman–Crippen MR) is 76.6 cm³/mol. The fourth-order valence-electron chi connectivity index (χ4n) is 2.90. The zero-order valence-electron chi connectivity index (χ0n) is 11.3. The molecule has 0 saturated carbocycles. The van der Waals surface area contributed by atoms with E-state index >= 15 is 0 Å². The number of aliphatic hydroxyl groups excluding tert-OH is 1. The van der Waals surface area contributed by atoms with Crippen LogP contribution in [0.5, 0.6) is 0 Å². The van der Waals surface area contributed by atoms with E-state index in [0.717, 1.165) is 58.9 Å². The Morgan fingerprint density at radius 1 is 1.21 bits per heavy atom. The molecule has 19 heavy (non-hydrogen) atoms. The Bertz CT molecular complexity index is 404. The van der Waals surface area contributed by atoms with E-state index < -0.39 is 0 Å². The van der Waals surface area contributed by atoms with Gasteiger partial charge in [0.2, 0.25) is 0 Å². The molecule has 1 aromatic rings. The van der Waals surface area contributed by atoms with E-state index in [1.165, 1.54) is 10.4 Å². The van der Waals surface area contributed by atoms with Crippen molar-refractivity contribution in [2.75, 3.05) is 45.9 Å². The second-order valence-corrected chi connectivity index (χ2v) is 6.42. The van der Waals surface area contributed by atoms with E-state index in [1.54, 1.807) is 0 Å². The van der Waals surface area contributed by atoms with Crippen LogP contribution in [-0.4, -0.2) is 66.9 Å². The van der Waals surface area contributed by atoms with Gasteiger partial charge in [0.25, 0.3) is 0 Å². The van der Waals surface area contributed by atoms with E-state index in [9.17, 15) is 5.11 Å². The molecule has 0 amide bonds. The minimum absolute atomic E-state index is 0.252. The quantitative estimate of drug-likeness (QED) is 0.886. The summed E-state index contributed by atoms with van der Waals surface area (Å²) in [5.74, 6) is 0. The molecule has 3 rings (SSSR count). The summed E-state index contributed by atoms with van der Waals surface area (Å²) >= 11 is 1.86. The van der Waals surface area contributed by atoms with Crippen molar-refractivity contribution in [3.8, 4) is 0 Å². The first kappa shape index (κ1) is 13.5. The number of β-amino-alcohol motifs (C(OH)–C–C–N with tert-alkyl or cyclic N) is 1. The molecule has 5 heteroatoms. The van der Waals surface area contributed by atoms with Gasteiger partial charge in [0.05, 0.1) is 19.3 Å². The van der Waals surface area contributed by atoms with Gasteiger partial charge in [-0.25, -0.2) is 0 Å². The van der Waals surface area contributed by atoms with Crippen molar-refractivity contribution >= 4 is 11.3 Å². The van der Waals surface area contributed by atoms with Crippen LogP contribution in [0.2, 0.25) is 0 Å². The van der Waals surface area contributed by atoms with Gasteiger partial charge in [-0.2, -0.15) is 0 Å². The normalized spacial score (nSPS) is 23.2. The van der Waals surface area contributed by atoms with Crippen LogP contribution in [0.15, 0.2) is 11.4 Å². The van der Waals surface area contributed by atoms with Crippen molar-refractivity contribution < 1.29 is 9.84 Å². The number of nitrogens with zero attached hydrogens (tertiary/aromatic N) is 2. The van der Waals surface area contributed by atoms with Gasteiger partial charge in [-0.3, -0.25) is 9.80 Å². The van der Waals surface area contributed by atoms with Crippen molar-refractivity contribution in [3.63, 3.8) is 0 Å². The largest absolute Gasteiger partial charge is 0.390 e. The maximum absolute atomic E-state index is 10.2. The number of hydrogen-bond donors (Lipinski definition) is 1. The number of morpholine rings is 1. The Labute approximate surface area is 118 Å². The molecule has 0 aliphatic carbocycles. The zero-order valence-corrected chi connectivity index (χ0v) is 12.1. The van der Waals surface area contributed by atoms with Gasteiger partial charge in [0, 0.05) is 44.1 Å². The van der Waals surface area contributed by atoms with E-state index in [-0.39, 0.29) is 6.10 Å². The molecule has 0 spiro atoms. The molecule has 0 aromatic carbocycles. The third-order valence-corrected chi connectivity index (χ3v) is 4.95. The third-order valence-electron chi connectivity index (χ3n) is 3.93. The van der Waals surface area contributed by atoms with E-state index in [1.807, 2.05) is 11.3 Å². The maximum atomic E-state index is 10.2. The molecular weight excluding hydrogens is 260 g/mol. The molecule has 4 nitrogen and oxygen atoms in total. The number of hydrogen-bond acceptors (Lipinski definition) is 5. The highest BCUT2D eigenvalue weighted by Gasteiger charge is 2.21. The van der Waals surface area contributed by atoms with Crippen molar-refractivity contribution in [1.29, 1.82) is 0 Å². The first-order valence-corrected chi connectivity index (χ1v) is 7.95. The lowest BCUT2D eigenvalue weighted by molar-refractivity contribution is 0.00592. The summed E-state index contributed by atoms with van der Waals surface area (Å²) in [6.45, 7) is 7.14. The molecule has 106 valence electrons. The molecule has 2 aliphatic heterocycles. The van der Waals surface area contributed by atoms with Crippen LogP contribution in [0.25, 0.3) is 0 Å². The molecule has 0 bridgehead atoms. The molecule has 0 radical (unpaired) electrons. The molecular formula is C14H22N2O2S. The van der Waals surface area contributed by atoms with Crippen LogP contribution in [0.1, 0.15) is 10.4 Å². The van der Waals surface area contributed by atoms with Gasteiger partial charge in [-0.05, 0) is 23.4 Å². The molecule has 1 aromatic heterocycles. The predicted octanol–water partition coefficient (Wildman–Crippen LogP) is 0.799. The smallest absolute Gasteiger partial charge is 0.0793 e. The van der Waals surface area contributed by atoms with Crippen molar-refractivity contribution in [2.45, 2.75) is 19.1 Å². The van der Waals surface area contributed by atoms with E-state index in [0.29, 0.717) is 0 Å². The number of fused-ring (bicyclic) bond motifs is 1. The van der Waals surface area contributed by atoms with Crippen LogP contribution in [0.3, 0.4) is 0 Å². The number of rotatable bonds is 4. The molecule has 1 atom stereocenters. The van der Waals surface area contributed by atoms with Crippen molar-refractivity contribution in [1.82, 2.24) is 9.80 Å². The molecule has 1 N–H and O–H groups in total. The second-order valence-electron chi connectivity index (χ2n) is 5.42. The number of thiophene rings is 1. The Balaban J connectivity index is 1.46. The summed E-state index contributed by atoms with van der Waals surface area (Å²) in [6, 6.07) is 2.22. The highest BCUT2D eigenvalue weighted by molar-refractivity contribution is 7.10. The third kappa shape index (κ3) is 3.55. The average molecular weight is 282 g/mol. The summed E-state index contributed by atoms with van der Waals surface area (Å²) in [6.07, 6.45) is 0.885. The Morgan fingerprint density at radius 2 is 2.00 bits per heavy atom. The summed E-state index contributed by atoms with van der Waals surface area (Å²) in [4.78, 5) is 6.20. The first-order chi connectivity index (χ1) is 9.31. The van der Waals surface area contributed by atoms with Crippen molar-refractivity contribution in [2.24, 2.45) is 0 Å². The van der Waals surface area contributed by atoms with E-state index in [4.69, 9.17) is 4.74 Å². The fourth-order valence-corrected chi connectivity index (χ4v) is 3.79. The van der Waals surface area contributed by atoms with Gasteiger partial charge in [-0.15, -0.1) is 11.3 Å². The molecule has 1 fully saturated rings. The minimum Gasteiger partial charge on any atom is -0.390 e. The maximum Gasteiger partial charge on any atom is 0.0793 e. The Hall–Kier alpha value is -0.460. The lowest BCUT2D eigenvalue weighted by Crippen LogP contribution is -2.45. The summed E-state index contributed by atoms with van der Waals surface area (Å²) in [7, 11) is 0. The lowest BCUT2D eigenvalue weighted by atomic mass is 10.1. The van der Waals surface area contributed by atoms with Gasteiger partial charge >= 0.3 is 0 Å². The second kappa shape index (κ2) is 6.33. The standard InChI is InChI=1S/C14H22N2O2S/c17-13(10-15-4-6-18-7-5-15)11-16-3-1-14-12(9-16)2-8-19-14/h2,8,13,17H,1,3-7,9-11H2. The van der Waals surface area contributed by atoms with Gasteiger partial charge < -0.3 is 9.84 Å². The number of ether oxygens (including phenoxy) is 1. The monoisotopic (exact) mass is 282 g/mol. The molecule has 1 unspecified atom stereocenters. The van der Waals surface area contributed by atoms with Crippen LogP contribution in [0.4, 0.5) is 0 Å². The van der Waals surface area contributed by atoms with Crippen LogP contribution >= 0.6 is 11.3 Å². The van der Waals surface area contributed by atoms with Gasteiger partial charge in [0.1, 0.15) is 0 Å². The van der Waals surface area contributed by atoms with Crippen LogP contribution in [-0.2, 0) is 17.7 Å². The lowest BCUT2D eigenvalue weighted by Gasteiger charge is -2.32. The summed E-state index contributed by atoms with van der Waals surface area (Å²) in [5, 5.41) is 12.4. The minimum atomic E-state index is -0.252. The molecule has 3 heterocycles. The van der Waals surface area contributed by atoms with Crippen LogP contribution < -0.4 is 0 Å². The van der Waals surface area contributed by atoms with Gasteiger partial charge in [-0.1, -0.05) is 0 Å². The highest BCUT2D eigenvalue weighted by atomic mass is 32.1.